The van der Waals surface area contributed by atoms with E-state index in [-0.39, 0.29) is 12.1 Å². The fraction of sp³-hybridized carbons (Fsp3) is 1.00. The monoisotopic (exact) mass is 285 g/mol. The third kappa shape index (κ3) is 6.53. The van der Waals surface area contributed by atoms with Crippen LogP contribution in [-0.4, -0.2) is 73.9 Å². The Morgan fingerprint density at radius 2 is 2.15 bits per heavy atom. The van der Waals surface area contributed by atoms with Gasteiger partial charge < -0.3 is 20.2 Å². The molecule has 2 N–H and O–H groups in total. The van der Waals surface area contributed by atoms with Crippen LogP contribution in [0.3, 0.4) is 0 Å². The fourth-order valence-electron chi connectivity index (χ4n) is 3.25. The number of hydrogen-bond donors (Lipinski definition) is 2. The summed E-state index contributed by atoms with van der Waals surface area (Å²) in [6, 6.07) is 0. The van der Waals surface area contributed by atoms with Crippen LogP contribution in [-0.2, 0) is 0 Å². The molecule has 2 unspecified atom stereocenters. The number of aliphatic hydroxyl groups is 1. The van der Waals surface area contributed by atoms with Crippen LogP contribution in [0.5, 0.6) is 0 Å². The van der Waals surface area contributed by atoms with Crippen LogP contribution in [0.25, 0.3) is 0 Å². The molecule has 1 aliphatic heterocycles. The molecule has 1 heterocycles. The van der Waals surface area contributed by atoms with Gasteiger partial charge in [0.25, 0.3) is 0 Å². The first-order chi connectivity index (χ1) is 9.49. The van der Waals surface area contributed by atoms with E-state index in [1.54, 1.807) is 0 Å². The minimum absolute atomic E-state index is 0.0957. The van der Waals surface area contributed by atoms with Gasteiger partial charge >= 0.3 is 0 Å². The van der Waals surface area contributed by atoms with Crippen LogP contribution in [0.1, 0.15) is 39.5 Å². The number of likely N-dealkylation sites (N-methyl/N-ethyl adjacent to an activating group) is 1. The molecule has 2 atom stereocenters. The molecular formula is C16H35N3O. The molecule has 1 aliphatic rings. The van der Waals surface area contributed by atoms with E-state index in [0.29, 0.717) is 0 Å². The molecule has 0 aromatic heterocycles. The predicted molar refractivity (Wildman–Crippen MR) is 86.1 cm³/mol. The van der Waals surface area contributed by atoms with E-state index >= 15 is 0 Å². The van der Waals surface area contributed by atoms with Gasteiger partial charge in [0.15, 0.2) is 0 Å². The highest BCUT2D eigenvalue weighted by molar-refractivity contribution is 4.81. The van der Waals surface area contributed by atoms with Gasteiger partial charge in [-0.1, -0.05) is 13.3 Å². The molecule has 4 heteroatoms. The zero-order valence-corrected chi connectivity index (χ0v) is 14.0. The lowest BCUT2D eigenvalue weighted by atomic mass is 9.95. The van der Waals surface area contributed by atoms with Crippen molar-refractivity contribution in [3.05, 3.63) is 0 Å². The van der Waals surface area contributed by atoms with Crippen LogP contribution in [0, 0.1) is 5.92 Å². The molecule has 0 aliphatic carbocycles. The number of unbranched alkanes of at least 4 members (excludes halogenated alkanes) is 1. The molecule has 20 heavy (non-hydrogen) atoms. The summed E-state index contributed by atoms with van der Waals surface area (Å²) in [6.07, 6.45) is 4.81. The molecule has 0 amide bonds. The SMILES string of the molecule is CCNC(C)(CO)CCCCN(C)CC1CCN(C)C1. The summed E-state index contributed by atoms with van der Waals surface area (Å²) < 4.78 is 0. The second-order valence-corrected chi connectivity index (χ2v) is 6.89. The zero-order chi connectivity index (χ0) is 15.0. The summed E-state index contributed by atoms with van der Waals surface area (Å²) in [7, 11) is 4.46. The first kappa shape index (κ1) is 17.9. The van der Waals surface area contributed by atoms with Gasteiger partial charge in [0.2, 0.25) is 0 Å². The van der Waals surface area contributed by atoms with E-state index in [9.17, 15) is 5.11 Å². The van der Waals surface area contributed by atoms with Crippen LogP contribution < -0.4 is 5.32 Å². The molecule has 120 valence electrons. The van der Waals surface area contributed by atoms with Crippen molar-refractivity contribution in [2.45, 2.75) is 45.1 Å². The summed E-state index contributed by atoms with van der Waals surface area (Å²) in [4.78, 5) is 4.91. The highest BCUT2D eigenvalue weighted by Crippen LogP contribution is 2.16. The summed E-state index contributed by atoms with van der Waals surface area (Å²) >= 11 is 0. The van der Waals surface area contributed by atoms with Gasteiger partial charge in [0, 0.05) is 18.6 Å². The molecule has 1 rings (SSSR count). The van der Waals surface area contributed by atoms with Gasteiger partial charge in [-0.3, -0.25) is 0 Å². The van der Waals surface area contributed by atoms with E-state index in [0.717, 1.165) is 18.9 Å². The van der Waals surface area contributed by atoms with Crippen molar-refractivity contribution in [1.29, 1.82) is 0 Å². The van der Waals surface area contributed by atoms with Gasteiger partial charge in [-0.15, -0.1) is 0 Å². The Bertz CT molecular complexity index is 262. The summed E-state index contributed by atoms with van der Waals surface area (Å²) in [5, 5.41) is 12.9. The van der Waals surface area contributed by atoms with Crippen molar-refractivity contribution >= 4 is 0 Å². The minimum Gasteiger partial charge on any atom is -0.394 e. The molecule has 0 aromatic rings. The minimum atomic E-state index is -0.0957. The highest BCUT2D eigenvalue weighted by Gasteiger charge is 2.22. The number of nitrogens with one attached hydrogen (secondary N) is 1. The van der Waals surface area contributed by atoms with E-state index in [1.165, 1.54) is 45.4 Å². The quantitative estimate of drug-likeness (QED) is 0.595. The lowest BCUT2D eigenvalue weighted by molar-refractivity contribution is 0.162. The standard InChI is InChI=1S/C16H35N3O/c1-5-17-16(2,14-20)9-6-7-10-18(3)12-15-8-11-19(4)13-15/h15,17,20H,5-14H2,1-4H3. The van der Waals surface area contributed by atoms with Crippen LogP contribution in [0.15, 0.2) is 0 Å². The van der Waals surface area contributed by atoms with E-state index < -0.39 is 0 Å². The third-order valence-electron chi connectivity index (χ3n) is 4.53. The topological polar surface area (TPSA) is 38.7 Å². The molecule has 0 aromatic carbocycles. The highest BCUT2D eigenvalue weighted by atomic mass is 16.3. The third-order valence-corrected chi connectivity index (χ3v) is 4.53. The Kier molecular flexibility index (Phi) is 8.03. The van der Waals surface area contributed by atoms with Gasteiger partial charge in [0.1, 0.15) is 0 Å². The molecule has 1 saturated heterocycles. The Morgan fingerprint density at radius 3 is 2.70 bits per heavy atom. The van der Waals surface area contributed by atoms with Crippen molar-refractivity contribution < 1.29 is 5.11 Å². The molecule has 0 radical (unpaired) electrons. The summed E-state index contributed by atoms with van der Waals surface area (Å²) in [5.41, 5.74) is -0.0957. The molecule has 0 saturated carbocycles. The predicted octanol–water partition coefficient (Wildman–Crippen LogP) is 1.40. The van der Waals surface area contributed by atoms with Crippen molar-refractivity contribution in [1.82, 2.24) is 15.1 Å². The van der Waals surface area contributed by atoms with Gasteiger partial charge in [0.05, 0.1) is 6.61 Å². The maximum atomic E-state index is 9.46. The fourth-order valence-corrected chi connectivity index (χ4v) is 3.25. The summed E-state index contributed by atoms with van der Waals surface area (Å²) in [6.45, 7) is 10.3. The molecule has 4 nitrogen and oxygen atoms in total. The number of hydrogen-bond acceptors (Lipinski definition) is 4. The largest absolute Gasteiger partial charge is 0.394 e. The van der Waals surface area contributed by atoms with Crippen LogP contribution in [0.2, 0.25) is 0 Å². The Balaban J connectivity index is 2.10. The van der Waals surface area contributed by atoms with Crippen LogP contribution in [0.4, 0.5) is 0 Å². The zero-order valence-electron chi connectivity index (χ0n) is 14.0. The normalized spacial score (nSPS) is 23.4. The second-order valence-electron chi connectivity index (χ2n) is 6.89. The van der Waals surface area contributed by atoms with Gasteiger partial charge in [-0.25, -0.2) is 0 Å². The molecule has 0 bridgehead atoms. The maximum absolute atomic E-state index is 9.46. The van der Waals surface area contributed by atoms with Gasteiger partial charge in [-0.2, -0.15) is 0 Å². The average Bonchev–Trinajstić information content (AvgIpc) is 2.80. The second kappa shape index (κ2) is 8.98. The van der Waals surface area contributed by atoms with Crippen molar-refractivity contribution in [2.24, 2.45) is 5.92 Å². The first-order valence-electron chi connectivity index (χ1n) is 8.22. The Labute approximate surface area is 125 Å². The van der Waals surface area contributed by atoms with E-state index in [1.807, 2.05) is 0 Å². The van der Waals surface area contributed by atoms with Crippen molar-refractivity contribution in [3.63, 3.8) is 0 Å². The Morgan fingerprint density at radius 1 is 1.40 bits per heavy atom. The molecule has 0 spiro atoms. The lowest BCUT2D eigenvalue weighted by Crippen LogP contribution is -2.45. The molecular weight excluding hydrogens is 250 g/mol. The van der Waals surface area contributed by atoms with E-state index in [2.05, 4.69) is 43.1 Å². The van der Waals surface area contributed by atoms with Crippen molar-refractivity contribution in [3.8, 4) is 0 Å². The first-order valence-corrected chi connectivity index (χ1v) is 8.22. The lowest BCUT2D eigenvalue weighted by Gasteiger charge is -2.29. The summed E-state index contributed by atoms with van der Waals surface area (Å²) in [5.74, 6) is 0.856. The smallest absolute Gasteiger partial charge is 0.0610 e. The van der Waals surface area contributed by atoms with Crippen LogP contribution >= 0.6 is 0 Å². The van der Waals surface area contributed by atoms with Gasteiger partial charge in [-0.05, 0) is 65.8 Å². The number of rotatable bonds is 10. The van der Waals surface area contributed by atoms with E-state index in [4.69, 9.17) is 0 Å². The number of nitrogens with zero attached hydrogens (tertiary/aromatic N) is 2. The average molecular weight is 285 g/mol. The maximum Gasteiger partial charge on any atom is 0.0610 e. The molecule has 1 fully saturated rings. The number of aliphatic hydroxyl groups excluding tert-OH is 1. The number of likely N-dealkylation sites (tertiary alicyclic amines) is 1. The van der Waals surface area contributed by atoms with Crippen molar-refractivity contribution in [2.75, 3.05) is 53.4 Å². The Hall–Kier alpha value is -0.160.